The van der Waals surface area contributed by atoms with Crippen LogP contribution in [-0.4, -0.2) is 11.1 Å². The Kier molecular flexibility index (Phi) is 3.91. The first kappa shape index (κ1) is 12.1. The normalized spacial score (nSPS) is 9.83. The van der Waals surface area contributed by atoms with Crippen molar-refractivity contribution in [1.29, 1.82) is 0 Å². The number of ether oxygens (including phenoxy) is 1. The molecular formula is C14H14N2O2. The van der Waals surface area contributed by atoms with E-state index in [-0.39, 0.29) is 0 Å². The number of amides is 1. The number of para-hydroxylation sites is 1. The van der Waals surface area contributed by atoms with E-state index in [0.29, 0.717) is 12.3 Å². The van der Waals surface area contributed by atoms with Crippen LogP contribution in [0.3, 0.4) is 0 Å². The third-order valence-corrected chi connectivity index (χ3v) is 2.32. The van der Waals surface area contributed by atoms with Crippen molar-refractivity contribution in [3.05, 3.63) is 59.9 Å². The van der Waals surface area contributed by atoms with Gasteiger partial charge in [-0.25, -0.2) is 4.79 Å². The smallest absolute Gasteiger partial charge is 0.410 e. The van der Waals surface area contributed by atoms with E-state index in [0.717, 1.165) is 11.1 Å². The molecule has 4 nitrogen and oxygen atoms in total. The second-order valence-corrected chi connectivity index (χ2v) is 3.93. The number of benzene rings is 1. The molecule has 4 heteroatoms. The molecule has 0 saturated heterocycles. The summed E-state index contributed by atoms with van der Waals surface area (Å²) in [5.41, 5.74) is 2.01. The molecule has 0 fully saturated rings. The second-order valence-electron chi connectivity index (χ2n) is 3.93. The van der Waals surface area contributed by atoms with E-state index >= 15 is 0 Å². The van der Waals surface area contributed by atoms with Crippen molar-refractivity contribution in [2.45, 2.75) is 13.5 Å². The van der Waals surface area contributed by atoms with Crippen LogP contribution in [0, 0.1) is 6.92 Å². The number of rotatable bonds is 3. The minimum atomic E-state index is -0.470. The van der Waals surface area contributed by atoms with Crippen molar-refractivity contribution >= 4 is 6.09 Å². The number of hydrogen-bond donors (Lipinski definition) is 1. The molecule has 0 atom stereocenters. The van der Waals surface area contributed by atoms with Crippen LogP contribution in [0.25, 0.3) is 0 Å². The topological polar surface area (TPSA) is 51.2 Å². The first-order chi connectivity index (χ1) is 8.74. The summed E-state index contributed by atoms with van der Waals surface area (Å²) in [4.78, 5) is 15.6. The van der Waals surface area contributed by atoms with Gasteiger partial charge in [0.15, 0.2) is 0 Å². The Labute approximate surface area is 106 Å². The average molecular weight is 242 g/mol. The minimum Gasteiger partial charge on any atom is -0.410 e. The van der Waals surface area contributed by atoms with Crippen molar-refractivity contribution in [2.24, 2.45) is 0 Å². The Hall–Kier alpha value is -2.36. The summed E-state index contributed by atoms with van der Waals surface area (Å²) in [6, 6.07) is 10.9. The summed E-state index contributed by atoms with van der Waals surface area (Å²) in [6.07, 6.45) is 3.02. The molecule has 0 aliphatic rings. The van der Waals surface area contributed by atoms with Crippen LogP contribution in [0.1, 0.15) is 11.1 Å². The largest absolute Gasteiger partial charge is 0.412 e. The van der Waals surface area contributed by atoms with Crippen molar-refractivity contribution in [2.75, 3.05) is 0 Å². The molecule has 2 aromatic rings. The minimum absolute atomic E-state index is 0.403. The zero-order valence-corrected chi connectivity index (χ0v) is 10.1. The molecule has 1 N–H and O–H groups in total. The summed E-state index contributed by atoms with van der Waals surface area (Å²) in [7, 11) is 0. The number of aromatic nitrogens is 1. The van der Waals surface area contributed by atoms with Crippen LogP contribution in [-0.2, 0) is 6.54 Å². The molecule has 0 spiro atoms. The highest BCUT2D eigenvalue weighted by atomic mass is 16.5. The standard InChI is InChI=1S/C14H14N2O2/c1-11-7-12(9-15-8-11)10-16-14(17)18-13-5-3-2-4-6-13/h2-9H,10H2,1H3,(H,16,17). The molecule has 2 rings (SSSR count). The molecule has 0 bridgehead atoms. The maximum atomic E-state index is 11.5. The first-order valence-electron chi connectivity index (χ1n) is 5.65. The number of nitrogens with zero attached hydrogens (tertiary/aromatic N) is 1. The summed E-state index contributed by atoms with van der Waals surface area (Å²) >= 11 is 0. The lowest BCUT2D eigenvalue weighted by Gasteiger charge is -2.06. The fourth-order valence-corrected chi connectivity index (χ4v) is 1.52. The Bertz CT molecular complexity index is 526. The lowest BCUT2D eigenvalue weighted by molar-refractivity contribution is 0.200. The maximum absolute atomic E-state index is 11.5. The maximum Gasteiger partial charge on any atom is 0.412 e. The van der Waals surface area contributed by atoms with Gasteiger partial charge in [0.1, 0.15) is 5.75 Å². The Morgan fingerprint density at radius 3 is 2.78 bits per heavy atom. The molecule has 1 amide bonds. The van der Waals surface area contributed by atoms with Gasteiger partial charge in [-0.2, -0.15) is 0 Å². The van der Waals surface area contributed by atoms with Crippen LogP contribution in [0.15, 0.2) is 48.8 Å². The van der Waals surface area contributed by atoms with Crippen molar-refractivity contribution in [3.8, 4) is 5.75 Å². The summed E-state index contributed by atoms with van der Waals surface area (Å²) in [5.74, 6) is 0.525. The van der Waals surface area contributed by atoms with Gasteiger partial charge >= 0.3 is 6.09 Å². The first-order valence-corrected chi connectivity index (χ1v) is 5.65. The van der Waals surface area contributed by atoms with Crippen molar-refractivity contribution < 1.29 is 9.53 Å². The van der Waals surface area contributed by atoms with Gasteiger partial charge in [-0.1, -0.05) is 24.3 Å². The summed E-state index contributed by atoms with van der Waals surface area (Å²) in [5, 5.41) is 2.67. The zero-order valence-electron chi connectivity index (χ0n) is 10.1. The summed E-state index contributed by atoms with van der Waals surface area (Å²) in [6.45, 7) is 2.36. The van der Waals surface area contributed by atoms with Gasteiger partial charge in [0.25, 0.3) is 0 Å². The molecular weight excluding hydrogens is 228 g/mol. The van der Waals surface area contributed by atoms with Crippen LogP contribution >= 0.6 is 0 Å². The highest BCUT2D eigenvalue weighted by Crippen LogP contribution is 2.08. The molecule has 1 heterocycles. The molecule has 0 aliphatic heterocycles. The van der Waals surface area contributed by atoms with E-state index in [1.54, 1.807) is 24.5 Å². The lowest BCUT2D eigenvalue weighted by Crippen LogP contribution is -2.26. The molecule has 92 valence electrons. The van der Waals surface area contributed by atoms with E-state index in [1.807, 2.05) is 31.2 Å². The van der Waals surface area contributed by atoms with Crippen LogP contribution in [0.4, 0.5) is 4.79 Å². The monoisotopic (exact) mass is 242 g/mol. The number of aryl methyl sites for hydroxylation is 1. The van der Waals surface area contributed by atoms with E-state index in [9.17, 15) is 4.79 Å². The van der Waals surface area contributed by atoms with Crippen LogP contribution < -0.4 is 10.1 Å². The van der Waals surface area contributed by atoms with E-state index < -0.39 is 6.09 Å². The predicted octanol–water partition coefficient (Wildman–Crippen LogP) is 2.68. The summed E-state index contributed by atoms with van der Waals surface area (Å²) < 4.78 is 5.10. The Balaban J connectivity index is 1.85. The lowest BCUT2D eigenvalue weighted by atomic mass is 10.2. The van der Waals surface area contributed by atoms with Crippen molar-refractivity contribution in [1.82, 2.24) is 10.3 Å². The van der Waals surface area contributed by atoms with Crippen LogP contribution in [0.2, 0.25) is 0 Å². The third kappa shape index (κ3) is 3.59. The fraction of sp³-hybridized carbons (Fsp3) is 0.143. The predicted molar refractivity (Wildman–Crippen MR) is 68.3 cm³/mol. The zero-order chi connectivity index (χ0) is 12.8. The molecule has 0 aliphatic carbocycles. The van der Waals surface area contributed by atoms with Gasteiger partial charge in [-0.3, -0.25) is 4.98 Å². The fourth-order valence-electron chi connectivity index (χ4n) is 1.52. The molecule has 1 aromatic heterocycles. The molecule has 1 aromatic carbocycles. The Morgan fingerprint density at radius 2 is 2.06 bits per heavy atom. The number of pyridine rings is 1. The average Bonchev–Trinajstić information content (AvgIpc) is 2.38. The van der Waals surface area contributed by atoms with Gasteiger partial charge in [0.05, 0.1) is 0 Å². The number of carbonyl (C=O) groups is 1. The van der Waals surface area contributed by atoms with Gasteiger partial charge in [0, 0.05) is 18.9 Å². The molecule has 0 radical (unpaired) electrons. The quantitative estimate of drug-likeness (QED) is 0.900. The highest BCUT2D eigenvalue weighted by Gasteiger charge is 2.03. The highest BCUT2D eigenvalue weighted by molar-refractivity contribution is 5.70. The van der Waals surface area contributed by atoms with Gasteiger partial charge < -0.3 is 10.1 Å². The van der Waals surface area contributed by atoms with Gasteiger partial charge in [0.2, 0.25) is 0 Å². The third-order valence-electron chi connectivity index (χ3n) is 2.32. The van der Waals surface area contributed by atoms with E-state index in [1.165, 1.54) is 0 Å². The van der Waals surface area contributed by atoms with Gasteiger partial charge in [-0.05, 0) is 30.2 Å². The van der Waals surface area contributed by atoms with Crippen molar-refractivity contribution in [3.63, 3.8) is 0 Å². The second kappa shape index (κ2) is 5.82. The van der Waals surface area contributed by atoms with E-state index in [2.05, 4.69) is 10.3 Å². The SMILES string of the molecule is Cc1cncc(CNC(=O)Oc2ccccc2)c1. The van der Waals surface area contributed by atoms with Gasteiger partial charge in [-0.15, -0.1) is 0 Å². The molecule has 0 saturated carbocycles. The number of nitrogens with one attached hydrogen (secondary N) is 1. The number of carbonyl (C=O) groups excluding carboxylic acids is 1. The van der Waals surface area contributed by atoms with E-state index in [4.69, 9.17) is 4.74 Å². The number of hydrogen-bond acceptors (Lipinski definition) is 3. The molecule has 0 unspecified atom stereocenters. The van der Waals surface area contributed by atoms with Crippen LogP contribution in [0.5, 0.6) is 5.75 Å². The molecule has 18 heavy (non-hydrogen) atoms. The Morgan fingerprint density at radius 1 is 1.28 bits per heavy atom.